The van der Waals surface area contributed by atoms with Crippen LogP contribution in [0.25, 0.3) is 11.2 Å². The minimum atomic E-state index is 0.765. The van der Waals surface area contributed by atoms with Crippen LogP contribution in [0.15, 0.2) is 114 Å². The van der Waals surface area contributed by atoms with Crippen molar-refractivity contribution >= 4 is 22.7 Å². The molecule has 0 fully saturated rings. The van der Waals surface area contributed by atoms with Gasteiger partial charge in [0.2, 0.25) is 0 Å². The molecule has 3 heterocycles. The average Bonchev–Trinajstić information content (AvgIpc) is 3.68. The van der Waals surface area contributed by atoms with Crippen LogP contribution in [0.2, 0.25) is 0 Å². The van der Waals surface area contributed by atoms with Crippen LogP contribution in [-0.2, 0) is 6.54 Å². The Hall–Kier alpha value is -4.65. The van der Waals surface area contributed by atoms with E-state index in [0.29, 0.717) is 0 Å². The maximum atomic E-state index is 4.62. The van der Waals surface area contributed by atoms with Crippen LogP contribution in [0, 0.1) is 6.92 Å². The summed E-state index contributed by atoms with van der Waals surface area (Å²) in [5, 5.41) is 6.73. The fraction of sp³-hybridized carbons (Fsp3) is 0.286. The minimum absolute atomic E-state index is 0.765. The predicted octanol–water partition coefficient (Wildman–Crippen LogP) is 8.78. The van der Waals surface area contributed by atoms with Gasteiger partial charge in [-0.15, -0.1) is 0 Å². The number of nitrogens with zero attached hydrogens (tertiary/aromatic N) is 5. The van der Waals surface area contributed by atoms with Crippen molar-refractivity contribution in [3.05, 3.63) is 126 Å². The summed E-state index contributed by atoms with van der Waals surface area (Å²) in [6, 6.07) is 12.4. The van der Waals surface area contributed by atoms with Gasteiger partial charge in [0, 0.05) is 48.4 Å². The van der Waals surface area contributed by atoms with E-state index in [9.17, 15) is 0 Å². The number of hydrogen-bond donors (Lipinski definition) is 2. The van der Waals surface area contributed by atoms with E-state index in [4.69, 9.17) is 0 Å². The summed E-state index contributed by atoms with van der Waals surface area (Å²) in [6.45, 7) is 23.1. The third-order valence-electron chi connectivity index (χ3n) is 6.23. The molecule has 1 aromatic carbocycles. The zero-order valence-electron chi connectivity index (χ0n) is 26.7. The molecule has 0 saturated carbocycles. The van der Waals surface area contributed by atoms with Gasteiger partial charge in [-0.25, -0.2) is 15.0 Å². The van der Waals surface area contributed by atoms with Gasteiger partial charge in [-0.05, 0) is 81.2 Å². The summed E-state index contributed by atoms with van der Waals surface area (Å²) in [4.78, 5) is 13.3. The lowest BCUT2D eigenvalue weighted by Crippen LogP contribution is -2.17. The Kier molecular flexibility index (Phi) is 13.8. The molecular formula is C35H47N7. The molecule has 7 nitrogen and oxygen atoms in total. The molecule has 0 amide bonds. The number of aliphatic imine (C=N–C) groups is 1. The molecule has 4 rings (SSSR count). The van der Waals surface area contributed by atoms with E-state index >= 15 is 0 Å². The molecule has 3 aromatic heterocycles. The van der Waals surface area contributed by atoms with E-state index in [0.717, 1.165) is 51.9 Å². The molecule has 0 unspecified atom stereocenters. The number of rotatable bonds is 9. The molecule has 2 N–H and O–H groups in total. The van der Waals surface area contributed by atoms with Crippen LogP contribution in [0.3, 0.4) is 0 Å². The van der Waals surface area contributed by atoms with Crippen LogP contribution in [0.1, 0.15) is 72.2 Å². The number of nitrogens with one attached hydrogen (secondary N) is 2. The molecule has 7 heteroatoms. The van der Waals surface area contributed by atoms with Crippen molar-refractivity contribution < 1.29 is 0 Å². The normalized spacial score (nSPS) is 12.2. The quantitative estimate of drug-likeness (QED) is 0.121. The highest BCUT2D eigenvalue weighted by Gasteiger charge is 2.06. The second kappa shape index (κ2) is 17.2. The zero-order valence-corrected chi connectivity index (χ0v) is 26.7. The number of aromatic nitrogens is 4. The smallest absolute Gasteiger partial charge is 0.137 e. The highest BCUT2D eigenvalue weighted by Crippen LogP contribution is 2.19. The van der Waals surface area contributed by atoms with Crippen molar-refractivity contribution in [2.75, 3.05) is 5.32 Å². The van der Waals surface area contributed by atoms with Gasteiger partial charge in [-0.3, -0.25) is 4.40 Å². The number of anilines is 1. The van der Waals surface area contributed by atoms with Crippen LogP contribution < -0.4 is 10.6 Å². The Morgan fingerprint density at radius 1 is 1.00 bits per heavy atom. The first kappa shape index (κ1) is 33.6. The summed E-state index contributed by atoms with van der Waals surface area (Å²) < 4.78 is 4.12. The number of imidazole rings is 2. The fourth-order valence-electron chi connectivity index (χ4n) is 3.95. The summed E-state index contributed by atoms with van der Waals surface area (Å²) in [7, 11) is 0. The SMILES string of the molecule is C=C(Nc1ccccc1C)/C(C)=C/C=C(\C)NC(C)=N/C=C(\C)c1cnc2cc(Cn3ccnc3)ccn12.CC.CC. The summed E-state index contributed by atoms with van der Waals surface area (Å²) in [5.41, 5.74) is 9.28. The van der Waals surface area contributed by atoms with E-state index in [1.807, 2.05) is 109 Å². The predicted molar refractivity (Wildman–Crippen MR) is 181 cm³/mol. The van der Waals surface area contributed by atoms with E-state index < -0.39 is 0 Å². The number of allylic oxidation sites excluding steroid dienone is 5. The van der Waals surface area contributed by atoms with Gasteiger partial charge in [0.25, 0.3) is 0 Å². The van der Waals surface area contributed by atoms with Gasteiger partial charge in [-0.2, -0.15) is 0 Å². The fourth-order valence-corrected chi connectivity index (χ4v) is 3.95. The lowest BCUT2D eigenvalue weighted by molar-refractivity contribution is 0.796. The van der Waals surface area contributed by atoms with Crippen LogP contribution in [0.4, 0.5) is 5.69 Å². The Balaban J connectivity index is 0.00000148. The number of amidine groups is 1. The maximum absolute atomic E-state index is 4.62. The van der Waals surface area contributed by atoms with Gasteiger partial charge in [0.05, 0.1) is 18.2 Å². The number of hydrogen-bond acceptors (Lipinski definition) is 4. The lowest BCUT2D eigenvalue weighted by Gasteiger charge is -2.12. The molecule has 0 aliphatic rings. The molecule has 0 spiro atoms. The number of pyridine rings is 1. The zero-order chi connectivity index (χ0) is 31.1. The first-order chi connectivity index (χ1) is 20.3. The topological polar surface area (TPSA) is 71.5 Å². The number of para-hydroxylation sites is 1. The van der Waals surface area contributed by atoms with Crippen LogP contribution in [-0.4, -0.2) is 24.8 Å². The summed E-state index contributed by atoms with van der Waals surface area (Å²) in [5.74, 6) is 0.803. The molecular weight excluding hydrogens is 518 g/mol. The first-order valence-electron chi connectivity index (χ1n) is 14.6. The van der Waals surface area contributed by atoms with Crippen LogP contribution in [0.5, 0.6) is 0 Å². The average molecular weight is 566 g/mol. The standard InChI is InChI=1S/C31H35N7.2C2H6/c1-22(26(5)36-29-10-8-7-9-23(29)2)11-12-25(4)35-27(6)33-18-24(3)30-19-34-31-17-28(13-15-38(30)31)20-37-16-14-32-21-37;2*1-2/h7-19,21,36H,5,20H2,1-4,6H3,(H,33,35);2*1-2H3/b22-11+,24-18+,25-12+;;. The molecule has 42 heavy (non-hydrogen) atoms. The second-order valence-corrected chi connectivity index (χ2v) is 9.41. The largest absolute Gasteiger partial charge is 0.356 e. The monoisotopic (exact) mass is 565 g/mol. The van der Waals surface area contributed by atoms with E-state index in [1.54, 1.807) is 6.20 Å². The third-order valence-corrected chi connectivity index (χ3v) is 6.23. The van der Waals surface area contributed by atoms with Crippen molar-refractivity contribution in [1.82, 2.24) is 24.3 Å². The molecule has 222 valence electrons. The molecule has 0 aliphatic carbocycles. The van der Waals surface area contributed by atoms with E-state index in [2.05, 4.69) is 74.0 Å². The van der Waals surface area contributed by atoms with Crippen molar-refractivity contribution in [3.8, 4) is 0 Å². The van der Waals surface area contributed by atoms with Crippen molar-refractivity contribution in [1.29, 1.82) is 0 Å². The molecule has 0 radical (unpaired) electrons. The number of aryl methyl sites for hydroxylation is 1. The highest BCUT2D eigenvalue weighted by molar-refractivity contribution is 5.82. The van der Waals surface area contributed by atoms with E-state index in [1.165, 1.54) is 11.1 Å². The number of fused-ring (bicyclic) bond motifs is 1. The first-order valence-corrected chi connectivity index (χ1v) is 14.6. The molecule has 4 aromatic rings. The highest BCUT2D eigenvalue weighted by atomic mass is 15.0. The van der Waals surface area contributed by atoms with E-state index in [-0.39, 0.29) is 0 Å². The Labute approximate surface area is 252 Å². The second-order valence-electron chi connectivity index (χ2n) is 9.41. The summed E-state index contributed by atoms with van der Waals surface area (Å²) >= 11 is 0. The van der Waals surface area contributed by atoms with Crippen molar-refractivity contribution in [2.24, 2.45) is 4.99 Å². The third kappa shape index (κ3) is 9.77. The van der Waals surface area contributed by atoms with Gasteiger partial charge in [-0.1, -0.05) is 58.5 Å². The van der Waals surface area contributed by atoms with Gasteiger partial charge < -0.3 is 15.2 Å². The molecule has 0 saturated heterocycles. The lowest BCUT2D eigenvalue weighted by atomic mass is 10.1. The maximum Gasteiger partial charge on any atom is 0.137 e. The minimum Gasteiger partial charge on any atom is -0.356 e. The molecule has 0 atom stereocenters. The number of benzene rings is 1. The Morgan fingerprint density at radius 2 is 1.74 bits per heavy atom. The Morgan fingerprint density at radius 3 is 2.43 bits per heavy atom. The summed E-state index contributed by atoms with van der Waals surface area (Å²) in [6.07, 6.45) is 15.4. The van der Waals surface area contributed by atoms with Gasteiger partial charge in [0.15, 0.2) is 0 Å². The molecule has 0 bridgehead atoms. The van der Waals surface area contributed by atoms with Gasteiger partial charge in [0.1, 0.15) is 11.5 Å². The van der Waals surface area contributed by atoms with Gasteiger partial charge >= 0.3 is 0 Å². The van der Waals surface area contributed by atoms with Crippen molar-refractivity contribution in [3.63, 3.8) is 0 Å². The molecule has 0 aliphatic heterocycles. The van der Waals surface area contributed by atoms with Crippen LogP contribution >= 0.6 is 0 Å². The Bertz CT molecular complexity index is 1550. The van der Waals surface area contributed by atoms with Crippen molar-refractivity contribution in [2.45, 2.75) is 68.9 Å².